The maximum absolute atomic E-state index is 13.4. The lowest BCUT2D eigenvalue weighted by Gasteiger charge is -2.40. The molecule has 2 aromatic rings. The van der Waals surface area contributed by atoms with Gasteiger partial charge in [-0.2, -0.15) is 0 Å². The smallest absolute Gasteiger partial charge is 0.497 e. The molecule has 41 heavy (non-hydrogen) atoms. The first kappa shape index (κ1) is 30.2. The summed E-state index contributed by atoms with van der Waals surface area (Å²) in [6.07, 6.45) is -1.01. The Kier molecular flexibility index (Phi) is 9.74. The first-order chi connectivity index (χ1) is 19.5. The third-order valence-electron chi connectivity index (χ3n) is 7.03. The third kappa shape index (κ3) is 7.29. The van der Waals surface area contributed by atoms with Gasteiger partial charge in [0.15, 0.2) is 0 Å². The zero-order valence-electron chi connectivity index (χ0n) is 23.5. The maximum atomic E-state index is 13.4. The maximum Gasteiger partial charge on any atom is 0.622 e. The summed E-state index contributed by atoms with van der Waals surface area (Å²) in [6, 6.07) is 11.3. The molecule has 2 aliphatic rings. The van der Waals surface area contributed by atoms with Crippen LogP contribution in [0.1, 0.15) is 37.7 Å². The van der Waals surface area contributed by atoms with Gasteiger partial charge in [-0.25, -0.2) is 4.98 Å². The van der Waals surface area contributed by atoms with Gasteiger partial charge in [0.25, 0.3) is 5.91 Å². The number of amides is 2. The van der Waals surface area contributed by atoms with Gasteiger partial charge < -0.3 is 29.8 Å². The van der Waals surface area contributed by atoms with Crippen molar-refractivity contribution in [1.29, 1.82) is 0 Å². The molecule has 5 atom stereocenters. The predicted molar refractivity (Wildman–Crippen MR) is 148 cm³/mol. The number of pyridine rings is 1. The second kappa shape index (κ2) is 13.2. The Balaban J connectivity index is 1.51. The van der Waals surface area contributed by atoms with Crippen LogP contribution in [0, 0.1) is 5.92 Å². The van der Waals surface area contributed by atoms with E-state index in [0.29, 0.717) is 5.69 Å². The monoisotopic (exact) mass is 566 g/mol. The molecule has 3 heterocycles. The molecule has 0 unspecified atom stereocenters. The molecular weight excluding hydrogens is 531 g/mol. The van der Waals surface area contributed by atoms with E-state index in [-0.39, 0.29) is 31.2 Å². The molecule has 2 bridgehead atoms. The normalized spacial score (nSPS) is 21.6. The van der Waals surface area contributed by atoms with E-state index >= 15 is 0 Å². The number of ether oxygens (including phenoxy) is 1. The van der Waals surface area contributed by atoms with Gasteiger partial charge in [0, 0.05) is 5.56 Å². The molecular formula is C28H35BN4O8. The quantitative estimate of drug-likeness (QED) is 0.367. The second-order valence-electron chi connectivity index (χ2n) is 10.7. The van der Waals surface area contributed by atoms with E-state index in [9.17, 15) is 24.3 Å². The third-order valence-corrected chi connectivity index (χ3v) is 7.03. The number of rotatable bonds is 9. The van der Waals surface area contributed by atoms with Crippen molar-refractivity contribution in [2.75, 3.05) is 20.3 Å². The van der Waals surface area contributed by atoms with Gasteiger partial charge in [-0.3, -0.25) is 24.1 Å². The van der Waals surface area contributed by atoms with Crippen LogP contribution < -0.4 is 10.6 Å². The number of morpholine rings is 1. The highest BCUT2D eigenvalue weighted by Crippen LogP contribution is 2.21. The molecule has 0 spiro atoms. The van der Waals surface area contributed by atoms with Crippen LogP contribution in [-0.2, 0) is 28.4 Å². The highest BCUT2D eigenvalue weighted by Gasteiger charge is 2.49. The number of aromatic nitrogens is 1. The molecule has 1 aromatic carbocycles. The molecule has 2 saturated heterocycles. The van der Waals surface area contributed by atoms with E-state index in [1.165, 1.54) is 13.0 Å². The van der Waals surface area contributed by atoms with Crippen LogP contribution in [0.25, 0.3) is 11.3 Å². The number of carbonyl (C=O) groups excluding carboxylic acids is 4. The number of benzene rings is 1. The largest absolute Gasteiger partial charge is 0.622 e. The topological polar surface area (TPSA) is 156 Å². The van der Waals surface area contributed by atoms with Gasteiger partial charge in [0.05, 0.1) is 31.0 Å². The van der Waals surface area contributed by atoms with E-state index in [1.807, 2.05) is 44.2 Å². The number of hydrogen-bond donors (Lipinski definition) is 3. The highest BCUT2D eigenvalue weighted by molar-refractivity contribution is 6.51. The molecule has 2 amide bonds. The molecule has 3 N–H and O–H groups in total. The van der Waals surface area contributed by atoms with Crippen molar-refractivity contribution in [3.63, 3.8) is 0 Å². The van der Waals surface area contributed by atoms with Crippen molar-refractivity contribution < 1.29 is 38.3 Å². The van der Waals surface area contributed by atoms with Crippen LogP contribution >= 0.6 is 0 Å². The summed E-state index contributed by atoms with van der Waals surface area (Å²) in [5.41, 5.74) is 1.44. The minimum atomic E-state index is -1.41. The number of fused-ring (bicyclic) bond motifs is 2. The van der Waals surface area contributed by atoms with Gasteiger partial charge in [-0.1, -0.05) is 50.2 Å². The molecule has 2 aliphatic heterocycles. The molecule has 4 rings (SSSR count). The number of aliphatic hydroxyl groups is 1. The Morgan fingerprint density at radius 2 is 1.63 bits per heavy atom. The lowest BCUT2D eigenvalue weighted by atomic mass is 9.73. The SMILES string of the molecule is CC(C)C[C@H](NC(=O)[C@@H](NC(=O)c1cccc(-c2ccccc2)n1)[C@@H](C)O)B1OC(=O)[C@H]2COC[C@H](C(=O)O1)N2C. The lowest BCUT2D eigenvalue weighted by Crippen LogP contribution is -2.64. The van der Waals surface area contributed by atoms with E-state index < -0.39 is 61.0 Å². The first-order valence-corrected chi connectivity index (χ1v) is 13.6. The number of nitrogens with one attached hydrogen (secondary N) is 2. The van der Waals surface area contributed by atoms with Crippen LogP contribution in [0.4, 0.5) is 0 Å². The Hall–Kier alpha value is -3.81. The number of likely N-dealkylation sites (N-methyl/N-ethyl adjacent to an activating group) is 1. The van der Waals surface area contributed by atoms with Crippen molar-refractivity contribution in [2.24, 2.45) is 5.92 Å². The average Bonchev–Trinajstić information content (AvgIpc) is 2.94. The summed E-state index contributed by atoms with van der Waals surface area (Å²) in [5.74, 6) is -3.65. The van der Waals surface area contributed by atoms with E-state index in [0.717, 1.165) is 5.56 Å². The van der Waals surface area contributed by atoms with Gasteiger partial charge in [0.2, 0.25) is 5.91 Å². The Bertz CT molecular complexity index is 1230. The van der Waals surface area contributed by atoms with Crippen LogP contribution in [0.3, 0.4) is 0 Å². The van der Waals surface area contributed by atoms with Crippen molar-refractivity contribution in [3.8, 4) is 11.3 Å². The summed E-state index contributed by atoms with van der Waals surface area (Å²) in [5, 5.41) is 15.7. The fraction of sp³-hybridized carbons (Fsp3) is 0.464. The summed E-state index contributed by atoms with van der Waals surface area (Å²) in [4.78, 5) is 58.3. The lowest BCUT2D eigenvalue weighted by molar-refractivity contribution is -0.166. The fourth-order valence-electron chi connectivity index (χ4n) is 4.76. The van der Waals surface area contributed by atoms with Gasteiger partial charge in [-0.05, 0) is 38.4 Å². The standard InChI is InChI=1S/C28H35BN4O8/c1-16(2)13-23(29-40-27(37)21-14-39-15-22(33(21)4)28(38)41-29)31-26(36)24(17(3)34)32-25(35)20-12-8-11-19(30-20)18-9-6-5-7-10-18/h5-12,16-17,21-24,34H,13-15H2,1-4H3,(H,31,36)(H,32,35)/t17-,21-,22-,23+,24+/m1/s1. The second-order valence-corrected chi connectivity index (χ2v) is 10.7. The summed E-state index contributed by atoms with van der Waals surface area (Å²) in [7, 11) is 0.210. The first-order valence-electron chi connectivity index (χ1n) is 13.6. The van der Waals surface area contributed by atoms with E-state index in [2.05, 4.69) is 15.6 Å². The van der Waals surface area contributed by atoms with E-state index in [4.69, 9.17) is 14.0 Å². The zero-order valence-corrected chi connectivity index (χ0v) is 23.5. The Morgan fingerprint density at radius 3 is 2.22 bits per heavy atom. The fourth-order valence-corrected chi connectivity index (χ4v) is 4.76. The van der Waals surface area contributed by atoms with Gasteiger partial charge >= 0.3 is 19.1 Å². The van der Waals surface area contributed by atoms with Crippen molar-refractivity contribution in [2.45, 2.75) is 57.4 Å². The molecule has 0 saturated carbocycles. The molecule has 13 heteroatoms. The van der Waals surface area contributed by atoms with Crippen LogP contribution in [0.2, 0.25) is 0 Å². The Morgan fingerprint density at radius 1 is 1.00 bits per heavy atom. The number of nitrogens with zero attached hydrogens (tertiary/aromatic N) is 2. The van der Waals surface area contributed by atoms with Gasteiger partial charge in [0.1, 0.15) is 23.8 Å². The number of aliphatic hydroxyl groups excluding tert-OH is 1. The summed E-state index contributed by atoms with van der Waals surface area (Å²) >= 11 is 0. The summed E-state index contributed by atoms with van der Waals surface area (Å²) < 4.78 is 16.5. The molecule has 2 fully saturated rings. The molecule has 12 nitrogen and oxygen atoms in total. The van der Waals surface area contributed by atoms with Crippen LogP contribution in [-0.4, -0.2) is 96.3 Å². The molecule has 0 radical (unpaired) electrons. The number of hydrogen-bond acceptors (Lipinski definition) is 10. The predicted octanol–water partition coefficient (Wildman–Crippen LogP) is 0.585. The molecule has 0 aliphatic carbocycles. The van der Waals surface area contributed by atoms with Crippen molar-refractivity contribution in [1.82, 2.24) is 20.5 Å². The van der Waals surface area contributed by atoms with Crippen LogP contribution in [0.15, 0.2) is 48.5 Å². The zero-order chi connectivity index (χ0) is 29.7. The summed E-state index contributed by atoms with van der Waals surface area (Å²) in [6.45, 7) is 5.26. The van der Waals surface area contributed by atoms with Gasteiger partial charge in [-0.15, -0.1) is 0 Å². The highest BCUT2D eigenvalue weighted by atomic mass is 16.6. The van der Waals surface area contributed by atoms with Crippen molar-refractivity contribution >= 4 is 30.9 Å². The average molecular weight is 566 g/mol. The minimum Gasteiger partial charge on any atom is -0.497 e. The number of carbonyl (C=O) groups is 4. The van der Waals surface area contributed by atoms with Crippen LogP contribution in [0.5, 0.6) is 0 Å². The van der Waals surface area contributed by atoms with Crippen molar-refractivity contribution in [3.05, 3.63) is 54.2 Å². The Labute approximate surface area is 238 Å². The van der Waals surface area contributed by atoms with E-state index in [1.54, 1.807) is 24.1 Å². The molecule has 218 valence electrons. The minimum absolute atomic E-state index is 0.00170. The molecule has 1 aromatic heterocycles.